The molecule has 0 heterocycles. The van der Waals surface area contributed by atoms with Crippen molar-refractivity contribution in [3.63, 3.8) is 0 Å². The van der Waals surface area contributed by atoms with Crippen molar-refractivity contribution in [3.05, 3.63) is 59.7 Å². The van der Waals surface area contributed by atoms with Gasteiger partial charge in [-0.05, 0) is 36.1 Å². The smallest absolute Gasteiger partial charge is 0.150 e. The van der Waals surface area contributed by atoms with E-state index in [1.165, 1.54) is 5.56 Å². The van der Waals surface area contributed by atoms with E-state index in [4.69, 9.17) is 4.74 Å². The van der Waals surface area contributed by atoms with E-state index in [9.17, 15) is 4.79 Å². The van der Waals surface area contributed by atoms with Crippen LogP contribution in [0.4, 0.5) is 0 Å². The summed E-state index contributed by atoms with van der Waals surface area (Å²) in [5.74, 6) is 2.01. The second-order valence-electron chi connectivity index (χ2n) is 4.64. The molecular formula is C17H18O2. The zero-order chi connectivity index (χ0) is 13.7. The third-order valence-corrected chi connectivity index (χ3v) is 3.28. The van der Waals surface area contributed by atoms with Crippen LogP contribution in [0.5, 0.6) is 11.5 Å². The minimum atomic E-state index is 0.449. The fraction of sp³-hybridized carbons (Fsp3) is 0.235. The highest BCUT2D eigenvalue weighted by atomic mass is 16.5. The predicted octanol–water partition coefficient (Wildman–Crippen LogP) is 4.80. The molecule has 2 heteroatoms. The lowest BCUT2D eigenvalue weighted by Crippen LogP contribution is -1.96. The summed E-state index contributed by atoms with van der Waals surface area (Å²) in [6.45, 7) is 4.35. The lowest BCUT2D eigenvalue weighted by atomic mass is 9.98. The van der Waals surface area contributed by atoms with Crippen LogP contribution in [-0.4, -0.2) is 6.29 Å². The Labute approximate surface area is 114 Å². The van der Waals surface area contributed by atoms with Gasteiger partial charge in [0.15, 0.2) is 0 Å². The molecular weight excluding hydrogens is 236 g/mol. The van der Waals surface area contributed by atoms with Crippen LogP contribution in [0.2, 0.25) is 0 Å². The second kappa shape index (κ2) is 6.19. The van der Waals surface area contributed by atoms with E-state index in [1.807, 2.05) is 30.3 Å². The van der Waals surface area contributed by atoms with Crippen molar-refractivity contribution in [2.75, 3.05) is 0 Å². The van der Waals surface area contributed by atoms with Crippen LogP contribution < -0.4 is 4.74 Å². The molecule has 0 saturated heterocycles. The van der Waals surface area contributed by atoms with E-state index in [0.717, 1.165) is 18.5 Å². The van der Waals surface area contributed by atoms with Crippen molar-refractivity contribution in [2.24, 2.45) is 0 Å². The Morgan fingerprint density at radius 1 is 1.16 bits per heavy atom. The summed E-state index contributed by atoms with van der Waals surface area (Å²) in [6.07, 6.45) is 1.89. The Kier molecular flexibility index (Phi) is 4.35. The molecule has 0 aliphatic heterocycles. The molecule has 0 aliphatic rings. The third-order valence-electron chi connectivity index (χ3n) is 3.28. The molecule has 2 aromatic carbocycles. The first-order chi connectivity index (χ1) is 9.24. The predicted molar refractivity (Wildman–Crippen MR) is 77.1 cm³/mol. The largest absolute Gasteiger partial charge is 0.457 e. The molecule has 0 amide bonds. The molecule has 0 aromatic heterocycles. The Morgan fingerprint density at radius 2 is 1.95 bits per heavy atom. The van der Waals surface area contributed by atoms with Crippen molar-refractivity contribution in [3.8, 4) is 11.5 Å². The van der Waals surface area contributed by atoms with Gasteiger partial charge in [0.25, 0.3) is 0 Å². The van der Waals surface area contributed by atoms with Gasteiger partial charge >= 0.3 is 0 Å². The molecule has 0 fully saturated rings. The first-order valence-electron chi connectivity index (χ1n) is 6.56. The van der Waals surface area contributed by atoms with Crippen LogP contribution in [0.15, 0.2) is 48.5 Å². The summed E-state index contributed by atoms with van der Waals surface area (Å²) >= 11 is 0. The van der Waals surface area contributed by atoms with E-state index < -0.39 is 0 Å². The van der Waals surface area contributed by atoms with E-state index in [1.54, 1.807) is 12.1 Å². The summed E-state index contributed by atoms with van der Waals surface area (Å²) in [7, 11) is 0. The SMILES string of the molecule is CCC(C)c1ccccc1Oc1cccc(C=O)c1. The summed E-state index contributed by atoms with van der Waals surface area (Å²) in [5.41, 5.74) is 1.82. The first kappa shape index (κ1) is 13.3. The first-order valence-corrected chi connectivity index (χ1v) is 6.56. The summed E-state index contributed by atoms with van der Waals surface area (Å²) < 4.78 is 5.92. The molecule has 2 nitrogen and oxygen atoms in total. The van der Waals surface area contributed by atoms with E-state index in [-0.39, 0.29) is 0 Å². The van der Waals surface area contributed by atoms with Crippen molar-refractivity contribution >= 4 is 6.29 Å². The molecule has 2 aromatic rings. The molecule has 0 aliphatic carbocycles. The standard InChI is InChI=1S/C17H18O2/c1-3-13(2)16-9-4-5-10-17(16)19-15-8-6-7-14(11-15)12-18/h4-13H,3H2,1-2H3. The number of ether oxygens (including phenoxy) is 1. The Morgan fingerprint density at radius 3 is 2.68 bits per heavy atom. The molecule has 0 bridgehead atoms. The number of rotatable bonds is 5. The van der Waals surface area contributed by atoms with Crippen LogP contribution in [-0.2, 0) is 0 Å². The zero-order valence-corrected chi connectivity index (χ0v) is 11.3. The van der Waals surface area contributed by atoms with Crippen LogP contribution in [0.3, 0.4) is 0 Å². The van der Waals surface area contributed by atoms with E-state index in [2.05, 4.69) is 19.9 Å². The van der Waals surface area contributed by atoms with Gasteiger partial charge < -0.3 is 4.74 Å². The maximum absolute atomic E-state index is 10.8. The Hall–Kier alpha value is -2.09. The number of carbonyl (C=O) groups excluding carboxylic acids is 1. The lowest BCUT2D eigenvalue weighted by molar-refractivity contribution is 0.112. The molecule has 19 heavy (non-hydrogen) atoms. The van der Waals surface area contributed by atoms with Gasteiger partial charge in [-0.25, -0.2) is 0 Å². The lowest BCUT2D eigenvalue weighted by Gasteiger charge is -2.15. The van der Waals surface area contributed by atoms with Gasteiger partial charge in [0.1, 0.15) is 17.8 Å². The average Bonchev–Trinajstić information content (AvgIpc) is 2.47. The normalized spacial score (nSPS) is 11.9. The number of aldehydes is 1. The highest BCUT2D eigenvalue weighted by molar-refractivity contribution is 5.75. The summed E-state index contributed by atoms with van der Waals surface area (Å²) in [5, 5.41) is 0. The maximum Gasteiger partial charge on any atom is 0.150 e. The van der Waals surface area contributed by atoms with Crippen LogP contribution in [0.25, 0.3) is 0 Å². The fourth-order valence-electron chi connectivity index (χ4n) is 1.98. The van der Waals surface area contributed by atoms with Gasteiger partial charge in [-0.15, -0.1) is 0 Å². The van der Waals surface area contributed by atoms with Gasteiger partial charge in [0.05, 0.1) is 0 Å². The number of hydrogen-bond donors (Lipinski definition) is 0. The highest BCUT2D eigenvalue weighted by Gasteiger charge is 2.10. The number of para-hydroxylation sites is 1. The second-order valence-corrected chi connectivity index (χ2v) is 4.64. The van der Waals surface area contributed by atoms with Gasteiger partial charge in [0.2, 0.25) is 0 Å². The fourth-order valence-corrected chi connectivity index (χ4v) is 1.98. The van der Waals surface area contributed by atoms with Crippen molar-refractivity contribution < 1.29 is 9.53 Å². The summed E-state index contributed by atoms with van der Waals surface area (Å²) in [4.78, 5) is 10.8. The molecule has 0 spiro atoms. The third kappa shape index (κ3) is 3.22. The van der Waals surface area contributed by atoms with Crippen molar-refractivity contribution in [1.82, 2.24) is 0 Å². The number of benzene rings is 2. The van der Waals surface area contributed by atoms with Gasteiger partial charge in [-0.1, -0.05) is 44.2 Å². The van der Waals surface area contributed by atoms with Gasteiger partial charge in [-0.3, -0.25) is 4.79 Å². The van der Waals surface area contributed by atoms with Crippen LogP contribution in [0.1, 0.15) is 42.1 Å². The molecule has 2 rings (SSSR count). The van der Waals surface area contributed by atoms with Crippen LogP contribution in [0, 0.1) is 0 Å². The summed E-state index contributed by atoms with van der Waals surface area (Å²) in [6, 6.07) is 15.2. The average molecular weight is 254 g/mol. The molecule has 0 N–H and O–H groups in total. The van der Waals surface area contributed by atoms with Crippen LogP contribution >= 0.6 is 0 Å². The highest BCUT2D eigenvalue weighted by Crippen LogP contribution is 2.32. The minimum Gasteiger partial charge on any atom is -0.457 e. The van der Waals surface area contributed by atoms with Gasteiger partial charge in [0, 0.05) is 5.56 Å². The zero-order valence-electron chi connectivity index (χ0n) is 11.3. The molecule has 98 valence electrons. The molecule has 1 atom stereocenters. The van der Waals surface area contributed by atoms with E-state index in [0.29, 0.717) is 17.2 Å². The topological polar surface area (TPSA) is 26.3 Å². The molecule has 0 radical (unpaired) electrons. The van der Waals surface area contributed by atoms with Crippen molar-refractivity contribution in [1.29, 1.82) is 0 Å². The number of hydrogen-bond acceptors (Lipinski definition) is 2. The van der Waals surface area contributed by atoms with Crippen molar-refractivity contribution in [2.45, 2.75) is 26.2 Å². The number of carbonyl (C=O) groups is 1. The Bertz CT molecular complexity index is 561. The quantitative estimate of drug-likeness (QED) is 0.716. The maximum atomic E-state index is 10.8. The minimum absolute atomic E-state index is 0.449. The van der Waals surface area contributed by atoms with Gasteiger partial charge in [-0.2, -0.15) is 0 Å². The molecule has 0 saturated carbocycles. The molecule has 1 unspecified atom stereocenters. The van der Waals surface area contributed by atoms with E-state index >= 15 is 0 Å². The Balaban J connectivity index is 2.30. The monoisotopic (exact) mass is 254 g/mol.